The Morgan fingerprint density at radius 2 is 1.86 bits per heavy atom. The highest BCUT2D eigenvalue weighted by atomic mass is 19.4. The smallest absolute Gasteiger partial charge is 0.469 e. The number of aliphatic hydroxyl groups is 1. The van der Waals surface area contributed by atoms with Crippen molar-refractivity contribution in [3.63, 3.8) is 0 Å². The SMILES string of the molecule is CCc1occc1C(O)Cc1ccc(OC(F)(F)F)cc1. The molecule has 3 nitrogen and oxygen atoms in total. The van der Waals surface area contributed by atoms with Gasteiger partial charge in [-0.3, -0.25) is 0 Å². The Hall–Kier alpha value is -1.95. The number of aliphatic hydroxyl groups excluding tert-OH is 1. The third-order valence-corrected chi connectivity index (χ3v) is 3.05. The number of aryl methyl sites for hydroxylation is 1. The molecule has 6 heteroatoms. The van der Waals surface area contributed by atoms with E-state index in [4.69, 9.17) is 4.42 Å². The quantitative estimate of drug-likeness (QED) is 0.907. The Labute approximate surface area is 120 Å². The Balaban J connectivity index is 2.03. The Kier molecular flexibility index (Phi) is 4.57. The van der Waals surface area contributed by atoms with Gasteiger partial charge in [-0.2, -0.15) is 0 Å². The van der Waals surface area contributed by atoms with Gasteiger partial charge in [0.2, 0.25) is 0 Å². The van der Waals surface area contributed by atoms with Gasteiger partial charge < -0.3 is 14.3 Å². The van der Waals surface area contributed by atoms with E-state index in [1.807, 2.05) is 6.92 Å². The highest BCUT2D eigenvalue weighted by molar-refractivity contribution is 5.29. The van der Waals surface area contributed by atoms with Crippen LogP contribution in [0.4, 0.5) is 13.2 Å². The van der Waals surface area contributed by atoms with E-state index in [2.05, 4.69) is 4.74 Å². The fourth-order valence-electron chi connectivity index (χ4n) is 2.10. The average Bonchev–Trinajstić information content (AvgIpc) is 2.87. The number of alkyl halides is 3. The molecule has 21 heavy (non-hydrogen) atoms. The molecule has 0 saturated carbocycles. The average molecular weight is 300 g/mol. The first-order valence-electron chi connectivity index (χ1n) is 6.48. The highest BCUT2D eigenvalue weighted by Crippen LogP contribution is 2.26. The topological polar surface area (TPSA) is 42.6 Å². The van der Waals surface area contributed by atoms with Crippen molar-refractivity contribution in [3.05, 3.63) is 53.5 Å². The second-order valence-electron chi connectivity index (χ2n) is 4.56. The zero-order valence-corrected chi connectivity index (χ0v) is 11.4. The fraction of sp³-hybridized carbons (Fsp3) is 0.333. The van der Waals surface area contributed by atoms with Crippen molar-refractivity contribution in [1.82, 2.24) is 0 Å². The van der Waals surface area contributed by atoms with Gasteiger partial charge in [0.15, 0.2) is 0 Å². The maximum Gasteiger partial charge on any atom is 0.573 e. The Morgan fingerprint density at radius 3 is 2.43 bits per heavy atom. The van der Waals surface area contributed by atoms with Crippen molar-refractivity contribution < 1.29 is 27.4 Å². The maximum atomic E-state index is 12.0. The summed E-state index contributed by atoms with van der Waals surface area (Å²) in [5, 5.41) is 10.2. The lowest BCUT2D eigenvalue weighted by Gasteiger charge is -2.12. The zero-order valence-electron chi connectivity index (χ0n) is 11.4. The summed E-state index contributed by atoms with van der Waals surface area (Å²) in [5.74, 6) is 0.429. The summed E-state index contributed by atoms with van der Waals surface area (Å²) in [7, 11) is 0. The molecule has 2 rings (SSSR count). The monoisotopic (exact) mass is 300 g/mol. The van der Waals surface area contributed by atoms with Crippen LogP contribution in [0.3, 0.4) is 0 Å². The molecular weight excluding hydrogens is 285 g/mol. The van der Waals surface area contributed by atoms with E-state index in [0.29, 0.717) is 29.7 Å². The van der Waals surface area contributed by atoms with E-state index >= 15 is 0 Å². The molecule has 0 saturated heterocycles. The number of benzene rings is 1. The normalized spacial score (nSPS) is 13.2. The van der Waals surface area contributed by atoms with Gasteiger partial charge in [-0.25, -0.2) is 0 Å². The third-order valence-electron chi connectivity index (χ3n) is 3.05. The van der Waals surface area contributed by atoms with E-state index in [1.54, 1.807) is 6.07 Å². The van der Waals surface area contributed by atoms with Crippen LogP contribution in [-0.4, -0.2) is 11.5 Å². The van der Waals surface area contributed by atoms with Crippen molar-refractivity contribution in [3.8, 4) is 5.75 Å². The van der Waals surface area contributed by atoms with E-state index in [1.165, 1.54) is 30.5 Å². The first-order valence-corrected chi connectivity index (χ1v) is 6.48. The standard InChI is InChI=1S/C15H15F3O3/c1-2-14-12(7-8-20-14)13(19)9-10-3-5-11(6-4-10)21-15(16,17)18/h3-8,13,19H,2,9H2,1H3. The number of hydrogen-bond acceptors (Lipinski definition) is 3. The summed E-state index contributed by atoms with van der Waals surface area (Å²) in [6.45, 7) is 1.92. The summed E-state index contributed by atoms with van der Waals surface area (Å²) in [5.41, 5.74) is 1.41. The minimum atomic E-state index is -4.70. The van der Waals surface area contributed by atoms with Gasteiger partial charge in [0.25, 0.3) is 0 Å². The van der Waals surface area contributed by atoms with Gasteiger partial charge in [-0.05, 0) is 23.8 Å². The van der Waals surface area contributed by atoms with Crippen molar-refractivity contribution in [1.29, 1.82) is 0 Å². The van der Waals surface area contributed by atoms with Crippen molar-refractivity contribution in [2.45, 2.75) is 32.2 Å². The van der Waals surface area contributed by atoms with Crippen LogP contribution in [0.15, 0.2) is 41.0 Å². The molecule has 0 spiro atoms. The second-order valence-corrected chi connectivity index (χ2v) is 4.56. The van der Waals surface area contributed by atoms with Crippen LogP contribution < -0.4 is 4.74 Å². The zero-order chi connectivity index (χ0) is 15.5. The molecule has 1 atom stereocenters. The molecule has 0 bridgehead atoms. The molecule has 1 N–H and O–H groups in total. The summed E-state index contributed by atoms with van der Waals surface area (Å²) >= 11 is 0. The minimum Gasteiger partial charge on any atom is -0.469 e. The largest absolute Gasteiger partial charge is 0.573 e. The molecule has 0 fully saturated rings. The summed E-state index contributed by atoms with van der Waals surface area (Å²) < 4.78 is 45.2. The summed E-state index contributed by atoms with van der Waals surface area (Å²) in [4.78, 5) is 0. The van der Waals surface area contributed by atoms with Crippen LogP contribution in [0.1, 0.15) is 29.9 Å². The number of furan rings is 1. The van der Waals surface area contributed by atoms with Crippen LogP contribution in [0.5, 0.6) is 5.75 Å². The lowest BCUT2D eigenvalue weighted by atomic mass is 10.0. The molecule has 1 aromatic heterocycles. The predicted octanol–water partition coefficient (Wildman–Crippen LogP) is 4.02. The molecule has 114 valence electrons. The van der Waals surface area contributed by atoms with Crippen LogP contribution in [0.25, 0.3) is 0 Å². The number of rotatable bonds is 5. The molecule has 0 amide bonds. The molecule has 2 aromatic rings. The lowest BCUT2D eigenvalue weighted by Crippen LogP contribution is -2.17. The van der Waals surface area contributed by atoms with Crippen molar-refractivity contribution >= 4 is 0 Å². The fourth-order valence-corrected chi connectivity index (χ4v) is 2.10. The number of halogens is 3. The Bertz CT molecular complexity index is 573. The predicted molar refractivity (Wildman–Crippen MR) is 69.9 cm³/mol. The van der Waals surface area contributed by atoms with Gasteiger partial charge in [-0.1, -0.05) is 19.1 Å². The van der Waals surface area contributed by atoms with Crippen LogP contribution in [0.2, 0.25) is 0 Å². The first kappa shape index (κ1) is 15.4. The summed E-state index contributed by atoms with van der Waals surface area (Å²) in [6, 6.07) is 7.15. The second kappa shape index (κ2) is 6.22. The molecule has 1 unspecified atom stereocenters. The minimum absolute atomic E-state index is 0.279. The summed E-state index contributed by atoms with van der Waals surface area (Å²) in [6.07, 6.45) is -2.99. The van der Waals surface area contributed by atoms with E-state index in [0.717, 1.165) is 0 Å². The van der Waals surface area contributed by atoms with Gasteiger partial charge in [0.05, 0.1) is 12.4 Å². The van der Waals surface area contributed by atoms with Gasteiger partial charge in [0.1, 0.15) is 11.5 Å². The van der Waals surface area contributed by atoms with E-state index < -0.39 is 12.5 Å². The van der Waals surface area contributed by atoms with Crippen molar-refractivity contribution in [2.75, 3.05) is 0 Å². The number of hydrogen-bond donors (Lipinski definition) is 1. The molecule has 0 aliphatic carbocycles. The van der Waals surface area contributed by atoms with E-state index in [9.17, 15) is 18.3 Å². The molecule has 0 aliphatic heterocycles. The molecule has 0 aliphatic rings. The Morgan fingerprint density at radius 1 is 1.19 bits per heavy atom. The third kappa shape index (κ3) is 4.26. The molecule has 0 radical (unpaired) electrons. The molecular formula is C15H15F3O3. The van der Waals surface area contributed by atoms with Crippen LogP contribution in [0, 0.1) is 0 Å². The van der Waals surface area contributed by atoms with Gasteiger partial charge in [-0.15, -0.1) is 13.2 Å². The first-order chi connectivity index (χ1) is 9.89. The molecule has 1 aromatic carbocycles. The van der Waals surface area contributed by atoms with Crippen LogP contribution in [-0.2, 0) is 12.8 Å². The van der Waals surface area contributed by atoms with Gasteiger partial charge in [0, 0.05) is 18.4 Å². The maximum absolute atomic E-state index is 12.0. The lowest BCUT2D eigenvalue weighted by molar-refractivity contribution is -0.274. The highest BCUT2D eigenvalue weighted by Gasteiger charge is 2.31. The van der Waals surface area contributed by atoms with E-state index in [-0.39, 0.29) is 5.75 Å². The molecule has 1 heterocycles. The number of ether oxygens (including phenoxy) is 1. The van der Waals surface area contributed by atoms with Crippen molar-refractivity contribution in [2.24, 2.45) is 0 Å². The van der Waals surface area contributed by atoms with Gasteiger partial charge >= 0.3 is 6.36 Å². The van der Waals surface area contributed by atoms with Crippen LogP contribution >= 0.6 is 0 Å².